The molecule has 1 saturated heterocycles. The fourth-order valence-corrected chi connectivity index (χ4v) is 3.90. The molecule has 7 heteroatoms. The number of aryl methyl sites for hydroxylation is 2. The van der Waals surface area contributed by atoms with E-state index >= 15 is 0 Å². The van der Waals surface area contributed by atoms with Crippen LogP contribution >= 0.6 is 0 Å². The highest BCUT2D eigenvalue weighted by Gasteiger charge is 2.22. The number of rotatable bonds is 8. The Labute approximate surface area is 189 Å². The molecule has 2 aromatic carbocycles. The first-order valence-corrected chi connectivity index (χ1v) is 11.1. The van der Waals surface area contributed by atoms with Gasteiger partial charge in [0.25, 0.3) is 5.91 Å². The van der Waals surface area contributed by atoms with E-state index in [0.717, 1.165) is 62.3 Å². The topological polar surface area (TPSA) is 71.7 Å². The highest BCUT2D eigenvalue weighted by Crippen LogP contribution is 2.17. The van der Waals surface area contributed by atoms with Crippen molar-refractivity contribution in [2.45, 2.75) is 26.4 Å². The number of methoxy groups -OCH3 is 1. The van der Waals surface area contributed by atoms with E-state index in [1.165, 1.54) is 5.56 Å². The van der Waals surface area contributed by atoms with Gasteiger partial charge in [-0.25, -0.2) is 0 Å². The summed E-state index contributed by atoms with van der Waals surface area (Å²) >= 11 is 0. The van der Waals surface area contributed by atoms with E-state index < -0.39 is 0 Å². The number of ether oxygens (including phenoxy) is 1. The van der Waals surface area contributed by atoms with Crippen LogP contribution in [0, 0.1) is 6.92 Å². The molecule has 32 heavy (non-hydrogen) atoms. The minimum Gasteiger partial charge on any atom is -0.380 e. The van der Waals surface area contributed by atoms with Gasteiger partial charge in [0.15, 0.2) is 0 Å². The second-order valence-corrected chi connectivity index (χ2v) is 8.25. The van der Waals surface area contributed by atoms with Gasteiger partial charge in [-0.05, 0) is 37.6 Å². The van der Waals surface area contributed by atoms with Crippen LogP contribution in [-0.2, 0) is 17.8 Å². The molecule has 1 aliphatic rings. The molecule has 2 heterocycles. The highest BCUT2D eigenvalue weighted by atomic mass is 16.5. The number of benzene rings is 2. The van der Waals surface area contributed by atoms with Crippen molar-refractivity contribution >= 4 is 5.91 Å². The molecule has 0 aliphatic carbocycles. The van der Waals surface area contributed by atoms with Crippen LogP contribution in [0.15, 0.2) is 53.1 Å². The van der Waals surface area contributed by atoms with E-state index in [0.29, 0.717) is 18.3 Å². The van der Waals surface area contributed by atoms with Crippen molar-refractivity contribution in [1.29, 1.82) is 0 Å². The summed E-state index contributed by atoms with van der Waals surface area (Å²) in [5.74, 6) is 1.41. The van der Waals surface area contributed by atoms with Crippen LogP contribution in [0.2, 0.25) is 0 Å². The van der Waals surface area contributed by atoms with Crippen molar-refractivity contribution in [3.63, 3.8) is 0 Å². The normalized spacial score (nSPS) is 14.6. The van der Waals surface area contributed by atoms with Crippen LogP contribution < -0.4 is 0 Å². The van der Waals surface area contributed by atoms with Crippen molar-refractivity contribution in [3.05, 3.63) is 71.1 Å². The third-order valence-electron chi connectivity index (χ3n) is 5.81. The molecule has 0 bridgehead atoms. The number of hydrogen-bond donors (Lipinski definition) is 0. The lowest BCUT2D eigenvalue weighted by Crippen LogP contribution is -2.48. The van der Waals surface area contributed by atoms with E-state index in [1.54, 1.807) is 7.11 Å². The van der Waals surface area contributed by atoms with Crippen LogP contribution in [0.4, 0.5) is 0 Å². The van der Waals surface area contributed by atoms with Gasteiger partial charge in [0.1, 0.15) is 0 Å². The lowest BCUT2D eigenvalue weighted by atomic mass is 10.1. The van der Waals surface area contributed by atoms with Gasteiger partial charge in [-0.15, -0.1) is 0 Å². The van der Waals surface area contributed by atoms with E-state index in [4.69, 9.17) is 9.26 Å². The summed E-state index contributed by atoms with van der Waals surface area (Å²) < 4.78 is 10.5. The molecule has 0 saturated carbocycles. The fraction of sp³-hybridized carbons (Fsp3) is 0.400. The molecule has 1 fully saturated rings. The number of carbonyl (C=O) groups is 1. The van der Waals surface area contributed by atoms with Gasteiger partial charge in [0, 0.05) is 50.8 Å². The van der Waals surface area contributed by atoms with Crippen LogP contribution in [0.1, 0.15) is 33.8 Å². The summed E-state index contributed by atoms with van der Waals surface area (Å²) in [4.78, 5) is 21.6. The lowest BCUT2D eigenvalue weighted by Gasteiger charge is -2.34. The molecule has 0 radical (unpaired) electrons. The van der Waals surface area contributed by atoms with E-state index in [2.05, 4.69) is 22.0 Å². The number of amides is 1. The summed E-state index contributed by atoms with van der Waals surface area (Å²) in [6, 6.07) is 15.8. The highest BCUT2D eigenvalue weighted by molar-refractivity contribution is 5.94. The molecule has 1 amide bonds. The molecule has 168 valence electrons. The van der Waals surface area contributed by atoms with E-state index in [9.17, 15) is 4.79 Å². The van der Waals surface area contributed by atoms with Gasteiger partial charge in [-0.3, -0.25) is 9.69 Å². The maximum Gasteiger partial charge on any atom is 0.253 e. The van der Waals surface area contributed by atoms with Crippen molar-refractivity contribution in [1.82, 2.24) is 19.9 Å². The molecule has 0 N–H and O–H groups in total. The minimum absolute atomic E-state index is 0.100. The zero-order chi connectivity index (χ0) is 22.3. The maximum absolute atomic E-state index is 12.8. The smallest absolute Gasteiger partial charge is 0.253 e. The number of piperazine rings is 1. The standard InChI is InChI=1S/C25H30N4O3/c1-19-5-9-21(10-6-19)24-26-23(32-27-24)4-3-13-28-14-16-29(17-15-28)25(30)22-11-7-20(8-12-22)18-31-2/h5-12H,3-4,13-18H2,1-2H3. The molecule has 0 atom stereocenters. The summed E-state index contributed by atoms with van der Waals surface area (Å²) in [5, 5.41) is 4.10. The fourth-order valence-electron chi connectivity index (χ4n) is 3.90. The molecule has 4 rings (SSSR count). The SMILES string of the molecule is COCc1ccc(C(=O)N2CCN(CCCc3nc(-c4ccc(C)cc4)no3)CC2)cc1. The van der Waals surface area contributed by atoms with Gasteiger partial charge >= 0.3 is 0 Å². The lowest BCUT2D eigenvalue weighted by molar-refractivity contribution is 0.0635. The van der Waals surface area contributed by atoms with Crippen LogP contribution in [0.5, 0.6) is 0 Å². The predicted molar refractivity (Wildman–Crippen MR) is 122 cm³/mol. The molecule has 7 nitrogen and oxygen atoms in total. The monoisotopic (exact) mass is 434 g/mol. The molecular formula is C25H30N4O3. The third kappa shape index (κ3) is 5.60. The summed E-state index contributed by atoms with van der Waals surface area (Å²) in [6.45, 7) is 6.83. The van der Waals surface area contributed by atoms with Gasteiger partial charge in [-0.2, -0.15) is 4.98 Å². The first-order valence-electron chi connectivity index (χ1n) is 11.1. The third-order valence-corrected chi connectivity index (χ3v) is 5.81. The minimum atomic E-state index is 0.100. The van der Waals surface area contributed by atoms with E-state index in [1.807, 2.05) is 53.4 Å². The molecular weight excluding hydrogens is 404 g/mol. The Morgan fingerprint density at radius 1 is 1.03 bits per heavy atom. The number of hydrogen-bond acceptors (Lipinski definition) is 6. The number of nitrogens with zero attached hydrogens (tertiary/aromatic N) is 4. The average Bonchev–Trinajstić information content (AvgIpc) is 3.29. The first kappa shape index (κ1) is 22.2. The number of carbonyl (C=O) groups excluding carboxylic acids is 1. The summed E-state index contributed by atoms with van der Waals surface area (Å²) in [5.41, 5.74) is 3.99. The Balaban J connectivity index is 1.20. The Hall–Kier alpha value is -3.03. The van der Waals surface area contributed by atoms with Crippen molar-refractivity contribution in [2.24, 2.45) is 0 Å². The van der Waals surface area contributed by atoms with Gasteiger partial charge < -0.3 is 14.2 Å². The second kappa shape index (κ2) is 10.5. The Kier molecular flexibility index (Phi) is 7.29. The summed E-state index contributed by atoms with van der Waals surface area (Å²) in [6.07, 6.45) is 1.70. The Morgan fingerprint density at radius 3 is 2.44 bits per heavy atom. The molecule has 0 spiro atoms. The zero-order valence-electron chi connectivity index (χ0n) is 18.8. The van der Waals surface area contributed by atoms with E-state index in [-0.39, 0.29) is 5.91 Å². The van der Waals surface area contributed by atoms with Crippen molar-refractivity contribution in [3.8, 4) is 11.4 Å². The summed E-state index contributed by atoms with van der Waals surface area (Å²) in [7, 11) is 1.67. The van der Waals surface area contributed by atoms with Crippen molar-refractivity contribution in [2.75, 3.05) is 39.8 Å². The van der Waals surface area contributed by atoms with Crippen LogP contribution in [-0.4, -0.2) is 65.7 Å². The first-order chi connectivity index (χ1) is 15.6. The Bertz CT molecular complexity index is 1010. The predicted octanol–water partition coefficient (Wildman–Crippen LogP) is 3.58. The maximum atomic E-state index is 12.8. The van der Waals surface area contributed by atoms with Gasteiger partial charge in [0.05, 0.1) is 6.61 Å². The quantitative estimate of drug-likeness (QED) is 0.540. The van der Waals surface area contributed by atoms with Crippen LogP contribution in [0.25, 0.3) is 11.4 Å². The Morgan fingerprint density at radius 2 is 1.75 bits per heavy atom. The van der Waals surface area contributed by atoms with Gasteiger partial charge in [0.2, 0.25) is 11.7 Å². The van der Waals surface area contributed by atoms with Gasteiger partial charge in [-0.1, -0.05) is 47.1 Å². The number of aromatic nitrogens is 2. The molecule has 1 aromatic heterocycles. The van der Waals surface area contributed by atoms with Crippen molar-refractivity contribution < 1.29 is 14.1 Å². The largest absolute Gasteiger partial charge is 0.380 e. The second-order valence-electron chi connectivity index (χ2n) is 8.25. The zero-order valence-corrected chi connectivity index (χ0v) is 18.8. The average molecular weight is 435 g/mol. The molecule has 1 aliphatic heterocycles. The molecule has 3 aromatic rings. The van der Waals surface area contributed by atoms with Crippen LogP contribution in [0.3, 0.4) is 0 Å². The molecule has 0 unspecified atom stereocenters.